The molecule has 0 amide bonds. The molecule has 43 heavy (non-hydrogen) atoms. The van der Waals surface area contributed by atoms with E-state index < -0.39 is 0 Å². The maximum absolute atomic E-state index is 10.7. The fraction of sp³-hybridized carbons (Fsp3) is 0.676. The van der Waals surface area contributed by atoms with E-state index in [-0.39, 0.29) is 40.7 Å². The fourth-order valence-electron chi connectivity index (χ4n) is 6.33. The summed E-state index contributed by atoms with van der Waals surface area (Å²) in [5.41, 5.74) is 5.75. The Morgan fingerprint density at radius 1 is 0.674 bits per heavy atom. The van der Waals surface area contributed by atoms with E-state index in [9.17, 15) is 10.2 Å². The minimum absolute atomic E-state index is 0.0907. The molecule has 2 atom stereocenters. The van der Waals surface area contributed by atoms with E-state index >= 15 is 0 Å². The molecule has 6 nitrogen and oxygen atoms in total. The van der Waals surface area contributed by atoms with Gasteiger partial charge in [-0.05, 0) is 72.6 Å². The van der Waals surface area contributed by atoms with Crippen LogP contribution in [0.2, 0.25) is 0 Å². The minimum atomic E-state index is -0.298. The summed E-state index contributed by atoms with van der Waals surface area (Å²) >= 11 is 0. The topological polar surface area (TPSA) is 77.4 Å². The molecule has 2 aromatic rings. The second-order valence-corrected chi connectivity index (χ2v) is 14.9. The monoisotopic (exact) mass is 596 g/mol. The van der Waals surface area contributed by atoms with E-state index in [4.69, 9.17) is 18.9 Å². The number of rotatable bonds is 10. The van der Waals surface area contributed by atoms with Crippen molar-refractivity contribution < 1.29 is 29.2 Å². The summed E-state index contributed by atoms with van der Waals surface area (Å²) in [6.45, 7) is 23.5. The molecule has 2 aromatic carbocycles. The van der Waals surface area contributed by atoms with Gasteiger partial charge in [0.1, 0.15) is 11.5 Å². The van der Waals surface area contributed by atoms with Gasteiger partial charge in [0.15, 0.2) is 12.6 Å². The Labute approximate surface area is 260 Å². The van der Waals surface area contributed by atoms with Crippen molar-refractivity contribution in [3.8, 4) is 11.5 Å². The van der Waals surface area contributed by atoms with E-state index in [1.807, 2.05) is 13.8 Å². The van der Waals surface area contributed by atoms with Crippen LogP contribution in [0.3, 0.4) is 0 Å². The average molecular weight is 597 g/mol. The molecule has 2 aliphatic heterocycles. The SMILES string of the molecule is CCC(C)(C)c1cc(CC(C)C2OCC3(CO2)COC(C(C)Cc2cc(C)c(O)c(C(C)(C)CC)c2)OC3)cc(C)c1O. The van der Waals surface area contributed by atoms with Gasteiger partial charge in [-0.2, -0.15) is 0 Å². The van der Waals surface area contributed by atoms with Gasteiger partial charge in [0.2, 0.25) is 0 Å². The van der Waals surface area contributed by atoms with E-state index in [1.54, 1.807) is 0 Å². The van der Waals surface area contributed by atoms with Gasteiger partial charge in [-0.1, -0.05) is 79.7 Å². The lowest BCUT2D eigenvalue weighted by Gasteiger charge is -2.45. The zero-order valence-corrected chi connectivity index (χ0v) is 28.3. The van der Waals surface area contributed by atoms with E-state index in [1.165, 1.54) is 11.1 Å². The average Bonchev–Trinajstić information content (AvgIpc) is 2.97. The molecule has 1 spiro atoms. The number of benzene rings is 2. The third-order valence-electron chi connectivity index (χ3n) is 10.2. The molecule has 2 heterocycles. The molecule has 0 saturated carbocycles. The summed E-state index contributed by atoms with van der Waals surface area (Å²) < 4.78 is 25.2. The molecule has 0 aliphatic carbocycles. The second kappa shape index (κ2) is 13.1. The number of aromatic hydroxyl groups is 2. The Kier molecular flexibility index (Phi) is 10.3. The first-order chi connectivity index (χ1) is 20.1. The van der Waals surface area contributed by atoms with E-state index in [2.05, 4.69) is 79.7 Å². The fourth-order valence-corrected chi connectivity index (χ4v) is 6.33. The van der Waals surface area contributed by atoms with Crippen LogP contribution in [0.5, 0.6) is 11.5 Å². The molecule has 2 aliphatic rings. The molecule has 4 rings (SSSR count). The number of hydrogen-bond donors (Lipinski definition) is 2. The number of aryl methyl sites for hydroxylation is 2. The molecular formula is C37H56O6. The number of phenolic OH excluding ortho intramolecular Hbond substituents is 2. The third kappa shape index (κ3) is 7.41. The first-order valence-electron chi connectivity index (χ1n) is 16.2. The number of ether oxygens (including phenoxy) is 4. The Hall–Kier alpha value is -2.12. The van der Waals surface area contributed by atoms with Crippen LogP contribution in [-0.4, -0.2) is 49.2 Å². The molecule has 2 N–H and O–H groups in total. The molecule has 0 radical (unpaired) electrons. The van der Waals surface area contributed by atoms with Crippen molar-refractivity contribution in [3.05, 3.63) is 57.6 Å². The molecule has 0 aromatic heterocycles. The van der Waals surface area contributed by atoms with E-state index in [0.717, 1.165) is 47.9 Å². The predicted molar refractivity (Wildman–Crippen MR) is 172 cm³/mol. The van der Waals surface area contributed by atoms with Crippen LogP contribution >= 0.6 is 0 Å². The van der Waals surface area contributed by atoms with Gasteiger partial charge in [-0.15, -0.1) is 0 Å². The first kappa shape index (κ1) is 33.8. The van der Waals surface area contributed by atoms with Gasteiger partial charge in [0.05, 0.1) is 31.8 Å². The molecule has 2 unspecified atom stereocenters. The summed E-state index contributed by atoms with van der Waals surface area (Å²) in [5, 5.41) is 21.5. The van der Waals surface area contributed by atoms with Crippen LogP contribution in [0.15, 0.2) is 24.3 Å². The van der Waals surface area contributed by atoms with Crippen LogP contribution in [0, 0.1) is 31.1 Å². The highest BCUT2D eigenvalue weighted by Crippen LogP contribution is 2.40. The number of hydrogen-bond acceptors (Lipinski definition) is 6. The molecular weight excluding hydrogens is 540 g/mol. The van der Waals surface area contributed by atoms with Crippen molar-refractivity contribution in [2.75, 3.05) is 26.4 Å². The quantitative estimate of drug-likeness (QED) is 0.291. The predicted octanol–water partition coefficient (Wildman–Crippen LogP) is 7.88. The smallest absolute Gasteiger partial charge is 0.160 e. The van der Waals surface area contributed by atoms with Crippen molar-refractivity contribution in [2.45, 2.75) is 118 Å². The van der Waals surface area contributed by atoms with Crippen molar-refractivity contribution in [1.29, 1.82) is 0 Å². The Morgan fingerprint density at radius 3 is 1.30 bits per heavy atom. The zero-order chi connectivity index (χ0) is 31.7. The highest BCUT2D eigenvalue weighted by molar-refractivity contribution is 5.47. The summed E-state index contributed by atoms with van der Waals surface area (Å²) in [5.74, 6) is 1.13. The summed E-state index contributed by atoms with van der Waals surface area (Å²) in [4.78, 5) is 0. The van der Waals surface area contributed by atoms with Crippen LogP contribution in [0.25, 0.3) is 0 Å². The lowest BCUT2D eigenvalue weighted by atomic mass is 9.79. The largest absolute Gasteiger partial charge is 0.507 e. The zero-order valence-electron chi connectivity index (χ0n) is 28.3. The maximum Gasteiger partial charge on any atom is 0.160 e. The van der Waals surface area contributed by atoms with Gasteiger partial charge < -0.3 is 29.2 Å². The molecule has 6 heteroatoms. The van der Waals surface area contributed by atoms with Crippen LogP contribution in [-0.2, 0) is 42.6 Å². The summed E-state index contributed by atoms with van der Waals surface area (Å²) in [7, 11) is 0. The third-order valence-corrected chi connectivity index (χ3v) is 10.2. The van der Waals surface area contributed by atoms with Gasteiger partial charge in [0, 0.05) is 23.0 Å². The van der Waals surface area contributed by atoms with Crippen molar-refractivity contribution in [1.82, 2.24) is 0 Å². The van der Waals surface area contributed by atoms with Crippen LogP contribution in [0.4, 0.5) is 0 Å². The van der Waals surface area contributed by atoms with Gasteiger partial charge in [-0.3, -0.25) is 0 Å². The molecule has 2 fully saturated rings. The molecule has 0 bridgehead atoms. The summed E-state index contributed by atoms with van der Waals surface area (Å²) in [6, 6.07) is 8.48. The first-order valence-corrected chi connectivity index (χ1v) is 16.2. The van der Waals surface area contributed by atoms with Crippen LogP contribution in [0.1, 0.15) is 102 Å². The van der Waals surface area contributed by atoms with Crippen molar-refractivity contribution >= 4 is 0 Å². The highest BCUT2D eigenvalue weighted by Gasteiger charge is 2.44. The Bertz CT molecular complexity index is 1150. The summed E-state index contributed by atoms with van der Waals surface area (Å²) in [6.07, 6.45) is 2.94. The van der Waals surface area contributed by atoms with Crippen molar-refractivity contribution in [3.63, 3.8) is 0 Å². The van der Waals surface area contributed by atoms with Crippen LogP contribution < -0.4 is 0 Å². The highest BCUT2D eigenvalue weighted by atomic mass is 16.7. The Morgan fingerprint density at radius 2 is 1.00 bits per heavy atom. The standard InChI is InChI=1S/C37H56O6/c1-11-35(7,8)29-17-27(13-23(3)31(29)38)15-25(5)33-40-19-37(20-41-33)21-42-34(43-22-37)26(6)16-28-14-24(4)32(39)30(18-28)36(9,10)12-2/h13-14,17-18,25-26,33-34,38-39H,11-12,15-16,19-22H2,1-10H3. The van der Waals surface area contributed by atoms with Gasteiger partial charge >= 0.3 is 0 Å². The minimum Gasteiger partial charge on any atom is -0.507 e. The molecule has 2 saturated heterocycles. The van der Waals surface area contributed by atoms with Crippen molar-refractivity contribution in [2.24, 2.45) is 17.3 Å². The second-order valence-electron chi connectivity index (χ2n) is 14.9. The number of phenols is 2. The van der Waals surface area contributed by atoms with E-state index in [0.29, 0.717) is 37.9 Å². The van der Waals surface area contributed by atoms with Gasteiger partial charge in [0.25, 0.3) is 0 Å². The molecule has 240 valence electrons. The van der Waals surface area contributed by atoms with Gasteiger partial charge in [-0.25, -0.2) is 0 Å². The maximum atomic E-state index is 10.7. The normalized spacial score (nSPS) is 24.7. The Balaban J connectivity index is 1.31. The lowest BCUT2D eigenvalue weighted by molar-refractivity contribution is -0.317. The lowest BCUT2D eigenvalue weighted by Crippen LogP contribution is -2.54.